The van der Waals surface area contributed by atoms with Crippen LogP contribution in [0.3, 0.4) is 0 Å². The Balaban J connectivity index is 2.56. The zero-order chi connectivity index (χ0) is 33.3. The molecule has 0 aliphatic carbocycles. The Labute approximate surface area is 269 Å². The molecule has 0 saturated heterocycles. The molecule has 1 unspecified atom stereocenters. The van der Waals surface area contributed by atoms with Gasteiger partial charge in [0.1, 0.15) is 30.8 Å². The molecule has 43 heavy (non-hydrogen) atoms. The highest BCUT2D eigenvalue weighted by molar-refractivity contribution is 8.18. The number of esters is 1. The van der Waals surface area contributed by atoms with E-state index in [0.29, 0.717) is 5.75 Å². The number of aromatic hydroxyl groups is 1. The van der Waals surface area contributed by atoms with Gasteiger partial charge in [-0.25, -0.2) is 0 Å². The lowest BCUT2D eigenvalue weighted by Crippen LogP contribution is -2.27. The number of ether oxygens (including phenoxy) is 2. The van der Waals surface area contributed by atoms with Gasteiger partial charge in [-0.3, -0.25) is 4.79 Å². The quantitative estimate of drug-likeness (QED) is 0.162. The van der Waals surface area contributed by atoms with E-state index in [1.165, 1.54) is 6.92 Å². The number of aliphatic hydroxyl groups excluding tert-OH is 1. The van der Waals surface area contributed by atoms with Crippen LogP contribution in [0.5, 0.6) is 11.5 Å². The van der Waals surface area contributed by atoms with Gasteiger partial charge in [0.25, 0.3) is 0 Å². The maximum absolute atomic E-state index is 11.2. The minimum Gasteiger partial charge on any atom is -0.507 e. The summed E-state index contributed by atoms with van der Waals surface area (Å²) in [6.07, 6.45) is -0.921. The van der Waals surface area contributed by atoms with E-state index in [1.807, 2.05) is 23.5 Å². The SMILES string of the molecule is CC(=O)OCC(O)COc1c(C(C)(C)C)cc(SC(C)(C)Sc2cc(C(C)(C)C)c(O)c(C(C)(C)C)c2)cc1C(C)(C)C. The zero-order valence-electron chi connectivity index (χ0n) is 29.2. The third-order valence-electron chi connectivity index (χ3n) is 7.00. The van der Waals surface area contributed by atoms with Crippen LogP contribution in [0.4, 0.5) is 0 Å². The summed E-state index contributed by atoms with van der Waals surface area (Å²) in [7, 11) is 0. The normalized spacial score (nSPS) is 14.0. The molecule has 5 nitrogen and oxygen atoms in total. The van der Waals surface area contributed by atoms with Crippen LogP contribution in [0.15, 0.2) is 34.1 Å². The summed E-state index contributed by atoms with van der Waals surface area (Å²) in [4.78, 5) is 13.5. The highest BCUT2D eigenvalue weighted by Crippen LogP contribution is 2.51. The molecule has 0 aliphatic heterocycles. The molecule has 2 N–H and O–H groups in total. The molecule has 2 rings (SSSR count). The summed E-state index contributed by atoms with van der Waals surface area (Å²) in [6.45, 7) is 31.6. The van der Waals surface area contributed by atoms with E-state index in [4.69, 9.17) is 9.47 Å². The molecule has 242 valence electrons. The van der Waals surface area contributed by atoms with Gasteiger partial charge in [-0.1, -0.05) is 83.1 Å². The Hall–Kier alpha value is -1.83. The highest BCUT2D eigenvalue weighted by atomic mass is 32.2. The lowest BCUT2D eigenvalue weighted by Gasteiger charge is -2.33. The van der Waals surface area contributed by atoms with Crippen molar-refractivity contribution in [2.45, 2.75) is 145 Å². The largest absolute Gasteiger partial charge is 0.507 e. The summed E-state index contributed by atoms with van der Waals surface area (Å²) >= 11 is 3.62. The zero-order valence-corrected chi connectivity index (χ0v) is 30.9. The van der Waals surface area contributed by atoms with E-state index >= 15 is 0 Å². The molecule has 7 heteroatoms. The molecule has 0 amide bonds. The summed E-state index contributed by atoms with van der Waals surface area (Å²) < 4.78 is 11.1. The second kappa shape index (κ2) is 13.3. The van der Waals surface area contributed by atoms with Gasteiger partial charge in [0.2, 0.25) is 0 Å². The van der Waals surface area contributed by atoms with Gasteiger partial charge in [0.05, 0.1) is 4.08 Å². The van der Waals surface area contributed by atoms with Crippen LogP contribution in [0.1, 0.15) is 126 Å². The fourth-order valence-electron chi connectivity index (χ4n) is 4.77. The number of carbonyl (C=O) groups excluding carboxylic acids is 1. The second-order valence-corrected chi connectivity index (χ2v) is 19.7. The van der Waals surface area contributed by atoms with Crippen molar-refractivity contribution in [2.24, 2.45) is 0 Å². The van der Waals surface area contributed by atoms with Gasteiger partial charge >= 0.3 is 5.97 Å². The molecule has 0 saturated carbocycles. The van der Waals surface area contributed by atoms with Gasteiger partial charge in [0.15, 0.2) is 0 Å². The van der Waals surface area contributed by atoms with Crippen molar-refractivity contribution in [3.8, 4) is 11.5 Å². The minimum atomic E-state index is -0.921. The molecule has 0 bridgehead atoms. The van der Waals surface area contributed by atoms with E-state index in [-0.39, 0.29) is 39.0 Å². The fraction of sp³-hybridized carbons (Fsp3) is 0.639. The number of phenolic OH excluding ortho intramolecular Hbond substituents is 1. The standard InChI is InChI=1S/C36H56O5S2/c1-22(37)40-20-23(38)21-41-31-28(34(8,9)10)18-25(19-29(31)35(11,12)13)43-36(14,15)42-24-16-26(32(2,3)4)30(39)27(17-24)33(5,6)7/h16-19,23,38-39H,20-21H2,1-15H3. The third-order valence-corrected chi connectivity index (χ3v) is 9.43. The number of hydrogen-bond acceptors (Lipinski definition) is 7. The minimum absolute atomic E-state index is 0.0281. The van der Waals surface area contributed by atoms with Crippen LogP contribution >= 0.6 is 23.5 Å². The maximum atomic E-state index is 11.2. The second-order valence-electron chi connectivity index (χ2n) is 16.1. The Morgan fingerprint density at radius 2 is 1.02 bits per heavy atom. The molecule has 0 heterocycles. The molecule has 2 aromatic rings. The van der Waals surface area contributed by atoms with Crippen LogP contribution in [0.2, 0.25) is 0 Å². The smallest absolute Gasteiger partial charge is 0.302 e. The molecule has 0 fully saturated rings. The van der Waals surface area contributed by atoms with Crippen molar-refractivity contribution in [3.05, 3.63) is 46.5 Å². The first kappa shape index (κ1) is 37.4. The van der Waals surface area contributed by atoms with Crippen molar-refractivity contribution < 1.29 is 24.5 Å². The lowest BCUT2D eigenvalue weighted by molar-refractivity contribution is -0.144. The summed E-state index contributed by atoms with van der Waals surface area (Å²) in [6, 6.07) is 8.73. The summed E-state index contributed by atoms with van der Waals surface area (Å²) in [5.41, 5.74) is 3.24. The molecule has 0 radical (unpaired) electrons. The average Bonchev–Trinajstić information content (AvgIpc) is 2.79. The van der Waals surface area contributed by atoms with E-state index in [9.17, 15) is 15.0 Å². The van der Waals surface area contributed by atoms with Crippen LogP contribution < -0.4 is 4.74 Å². The molecule has 1 atom stereocenters. The first-order valence-electron chi connectivity index (χ1n) is 15.1. The van der Waals surface area contributed by atoms with Gasteiger partial charge in [0, 0.05) is 39.0 Å². The Morgan fingerprint density at radius 1 is 0.674 bits per heavy atom. The first-order valence-corrected chi connectivity index (χ1v) is 16.7. The summed E-state index contributed by atoms with van der Waals surface area (Å²) in [5.74, 6) is 0.746. The maximum Gasteiger partial charge on any atom is 0.302 e. The number of carbonyl (C=O) groups is 1. The van der Waals surface area contributed by atoms with Crippen LogP contribution in [0.25, 0.3) is 0 Å². The number of rotatable bonds is 9. The van der Waals surface area contributed by atoms with E-state index in [0.717, 1.165) is 37.8 Å². The number of hydrogen-bond donors (Lipinski definition) is 2. The molecule has 2 aromatic carbocycles. The van der Waals surface area contributed by atoms with E-state index in [1.54, 1.807) is 0 Å². The van der Waals surface area contributed by atoms with Crippen LogP contribution in [0, 0.1) is 0 Å². The van der Waals surface area contributed by atoms with Gasteiger partial charge in [-0.15, -0.1) is 23.5 Å². The third kappa shape index (κ3) is 10.6. The van der Waals surface area contributed by atoms with Gasteiger partial charge in [-0.05, 0) is 59.8 Å². The molecule has 0 aromatic heterocycles. The van der Waals surface area contributed by atoms with E-state index in [2.05, 4.69) is 121 Å². The van der Waals surface area contributed by atoms with Crippen molar-refractivity contribution in [2.75, 3.05) is 13.2 Å². The molecule has 0 spiro atoms. The number of thioether (sulfide) groups is 2. The number of phenols is 1. The van der Waals surface area contributed by atoms with Crippen LogP contribution in [-0.2, 0) is 31.2 Å². The average molecular weight is 633 g/mol. The molecular formula is C36H56O5S2. The summed E-state index contributed by atoms with van der Waals surface area (Å²) in [5, 5.41) is 21.7. The fourth-order valence-corrected chi connectivity index (χ4v) is 7.36. The predicted octanol–water partition coefficient (Wildman–Crippen LogP) is 9.51. The van der Waals surface area contributed by atoms with Crippen molar-refractivity contribution in [1.29, 1.82) is 0 Å². The van der Waals surface area contributed by atoms with Crippen LogP contribution in [-0.4, -0.2) is 39.6 Å². The van der Waals surface area contributed by atoms with Crippen molar-refractivity contribution in [3.63, 3.8) is 0 Å². The predicted molar refractivity (Wildman–Crippen MR) is 183 cm³/mol. The topological polar surface area (TPSA) is 76.0 Å². The monoisotopic (exact) mass is 632 g/mol. The molecule has 0 aliphatic rings. The van der Waals surface area contributed by atoms with Crippen molar-refractivity contribution in [1.82, 2.24) is 0 Å². The Kier molecular flexibility index (Phi) is 11.5. The van der Waals surface area contributed by atoms with Gasteiger partial charge < -0.3 is 19.7 Å². The highest BCUT2D eigenvalue weighted by Gasteiger charge is 2.32. The molecular weight excluding hydrogens is 577 g/mol. The van der Waals surface area contributed by atoms with Crippen molar-refractivity contribution >= 4 is 29.5 Å². The lowest BCUT2D eigenvalue weighted by atomic mass is 9.79. The number of benzene rings is 2. The van der Waals surface area contributed by atoms with E-state index < -0.39 is 12.1 Å². The van der Waals surface area contributed by atoms with Gasteiger partial charge in [-0.2, -0.15) is 0 Å². The Morgan fingerprint density at radius 3 is 1.35 bits per heavy atom. The number of aliphatic hydroxyl groups is 1. The first-order chi connectivity index (χ1) is 19.2. The Bertz CT molecular complexity index is 1210.